The standard InChI is InChI=1S/C17H25N3/c1-10-8-20(16-15(10)13(4)18-9-19-16)14-7-17(5,6)12(3)11(14)2/h8-9,11-12,14H,7H2,1-6H3/t11-,12+,14-/m1/s1. The molecule has 0 bridgehead atoms. The summed E-state index contributed by atoms with van der Waals surface area (Å²) in [7, 11) is 0. The van der Waals surface area contributed by atoms with Gasteiger partial charge in [0.2, 0.25) is 0 Å². The van der Waals surface area contributed by atoms with Crippen LogP contribution < -0.4 is 0 Å². The molecule has 0 spiro atoms. The van der Waals surface area contributed by atoms with E-state index in [1.807, 2.05) is 0 Å². The highest BCUT2D eigenvalue weighted by atomic mass is 15.1. The van der Waals surface area contributed by atoms with E-state index >= 15 is 0 Å². The molecule has 0 aliphatic heterocycles. The number of hydrogen-bond acceptors (Lipinski definition) is 2. The van der Waals surface area contributed by atoms with Crippen LogP contribution in [-0.4, -0.2) is 14.5 Å². The first-order valence-corrected chi connectivity index (χ1v) is 7.61. The van der Waals surface area contributed by atoms with Crippen molar-refractivity contribution in [2.24, 2.45) is 17.3 Å². The van der Waals surface area contributed by atoms with Crippen molar-refractivity contribution in [2.75, 3.05) is 0 Å². The van der Waals surface area contributed by atoms with Crippen molar-refractivity contribution in [1.29, 1.82) is 0 Å². The van der Waals surface area contributed by atoms with E-state index in [2.05, 4.69) is 62.3 Å². The maximum absolute atomic E-state index is 4.57. The fraction of sp³-hybridized carbons (Fsp3) is 0.647. The second-order valence-corrected chi connectivity index (χ2v) is 7.28. The topological polar surface area (TPSA) is 30.7 Å². The lowest BCUT2D eigenvalue weighted by Gasteiger charge is -2.24. The van der Waals surface area contributed by atoms with Crippen LogP contribution in [0.25, 0.3) is 11.0 Å². The van der Waals surface area contributed by atoms with Crippen molar-refractivity contribution in [3.05, 3.63) is 23.8 Å². The van der Waals surface area contributed by atoms with E-state index in [1.54, 1.807) is 6.33 Å². The van der Waals surface area contributed by atoms with Crippen molar-refractivity contribution in [3.63, 3.8) is 0 Å². The Morgan fingerprint density at radius 2 is 1.90 bits per heavy atom. The molecule has 2 aromatic heterocycles. The van der Waals surface area contributed by atoms with Gasteiger partial charge in [0.1, 0.15) is 12.0 Å². The van der Waals surface area contributed by atoms with E-state index in [0.29, 0.717) is 17.4 Å². The monoisotopic (exact) mass is 271 g/mol. The third-order valence-corrected chi connectivity index (χ3v) is 5.71. The molecule has 1 fully saturated rings. The first-order valence-electron chi connectivity index (χ1n) is 7.61. The van der Waals surface area contributed by atoms with E-state index < -0.39 is 0 Å². The molecule has 0 N–H and O–H groups in total. The molecule has 3 nitrogen and oxygen atoms in total. The Morgan fingerprint density at radius 3 is 2.50 bits per heavy atom. The maximum atomic E-state index is 4.57. The minimum atomic E-state index is 0.399. The van der Waals surface area contributed by atoms with Gasteiger partial charge in [-0.3, -0.25) is 0 Å². The van der Waals surface area contributed by atoms with Crippen LogP contribution in [-0.2, 0) is 0 Å². The molecule has 0 saturated heterocycles. The van der Waals surface area contributed by atoms with Gasteiger partial charge in [0.25, 0.3) is 0 Å². The Hall–Kier alpha value is -1.38. The summed E-state index contributed by atoms with van der Waals surface area (Å²) in [6, 6.07) is 0.547. The summed E-state index contributed by atoms with van der Waals surface area (Å²) in [6.07, 6.45) is 5.20. The zero-order valence-corrected chi connectivity index (χ0v) is 13.4. The van der Waals surface area contributed by atoms with E-state index in [0.717, 1.165) is 17.3 Å². The molecular weight excluding hydrogens is 246 g/mol. The summed E-state index contributed by atoms with van der Waals surface area (Å²) in [5.41, 5.74) is 3.89. The average molecular weight is 271 g/mol. The summed E-state index contributed by atoms with van der Waals surface area (Å²) in [5, 5.41) is 1.23. The van der Waals surface area contributed by atoms with Crippen LogP contribution >= 0.6 is 0 Å². The number of fused-ring (bicyclic) bond motifs is 1. The van der Waals surface area contributed by atoms with Crippen molar-refractivity contribution < 1.29 is 0 Å². The van der Waals surface area contributed by atoms with E-state index in [9.17, 15) is 0 Å². The van der Waals surface area contributed by atoms with Crippen LogP contribution in [0, 0.1) is 31.1 Å². The minimum absolute atomic E-state index is 0.399. The van der Waals surface area contributed by atoms with Crippen molar-refractivity contribution in [1.82, 2.24) is 14.5 Å². The van der Waals surface area contributed by atoms with Gasteiger partial charge in [0.15, 0.2) is 0 Å². The highest BCUT2D eigenvalue weighted by Crippen LogP contribution is 2.52. The number of rotatable bonds is 1. The van der Waals surface area contributed by atoms with Gasteiger partial charge in [-0.2, -0.15) is 0 Å². The van der Waals surface area contributed by atoms with Crippen molar-refractivity contribution in [3.8, 4) is 0 Å². The summed E-state index contributed by atoms with van der Waals surface area (Å²) < 4.78 is 2.41. The predicted octanol–water partition coefficient (Wildman–Crippen LogP) is 4.29. The summed E-state index contributed by atoms with van der Waals surface area (Å²) in [6.45, 7) is 13.8. The summed E-state index contributed by atoms with van der Waals surface area (Å²) >= 11 is 0. The lowest BCUT2D eigenvalue weighted by atomic mass is 9.81. The molecule has 2 heterocycles. The molecule has 20 heavy (non-hydrogen) atoms. The van der Waals surface area contributed by atoms with Gasteiger partial charge in [-0.15, -0.1) is 0 Å². The summed E-state index contributed by atoms with van der Waals surface area (Å²) in [4.78, 5) is 8.91. The first kappa shape index (κ1) is 13.6. The average Bonchev–Trinajstić information content (AvgIpc) is 2.81. The van der Waals surface area contributed by atoms with E-state index in [4.69, 9.17) is 0 Å². The Balaban J connectivity index is 2.15. The van der Waals surface area contributed by atoms with Crippen LogP contribution in [0.2, 0.25) is 0 Å². The van der Waals surface area contributed by atoms with Crippen LogP contribution in [0.4, 0.5) is 0 Å². The van der Waals surface area contributed by atoms with Crippen LogP contribution in [0.5, 0.6) is 0 Å². The van der Waals surface area contributed by atoms with Crippen LogP contribution in [0.1, 0.15) is 51.4 Å². The predicted molar refractivity (Wildman–Crippen MR) is 82.8 cm³/mol. The number of hydrogen-bond donors (Lipinski definition) is 0. The summed E-state index contributed by atoms with van der Waals surface area (Å²) in [5.74, 6) is 1.41. The number of aromatic nitrogens is 3. The Morgan fingerprint density at radius 1 is 1.20 bits per heavy atom. The lowest BCUT2D eigenvalue weighted by molar-refractivity contribution is 0.247. The Labute approximate surface area is 121 Å². The van der Waals surface area contributed by atoms with Gasteiger partial charge in [-0.25, -0.2) is 9.97 Å². The second kappa shape index (κ2) is 4.31. The molecule has 3 atom stereocenters. The van der Waals surface area contributed by atoms with Crippen molar-refractivity contribution in [2.45, 2.75) is 54.0 Å². The molecule has 0 amide bonds. The largest absolute Gasteiger partial charge is 0.329 e. The molecular formula is C17H25N3. The molecule has 0 unspecified atom stereocenters. The quantitative estimate of drug-likeness (QED) is 0.774. The lowest BCUT2D eigenvalue weighted by Crippen LogP contribution is -2.17. The normalized spacial score (nSPS) is 29.2. The SMILES string of the molecule is Cc1cn([C@@H]2CC(C)(C)[C@@H](C)[C@H]2C)c2ncnc(C)c12. The molecule has 1 aliphatic carbocycles. The van der Waals surface area contributed by atoms with Crippen LogP contribution in [0.15, 0.2) is 12.5 Å². The molecule has 0 aromatic carbocycles. The highest BCUT2D eigenvalue weighted by molar-refractivity contribution is 5.82. The molecule has 1 aliphatic rings. The number of aryl methyl sites for hydroxylation is 2. The van der Waals surface area contributed by atoms with Gasteiger partial charge in [0.05, 0.1) is 5.69 Å². The zero-order chi connectivity index (χ0) is 14.7. The Bertz CT molecular complexity index is 654. The highest BCUT2D eigenvalue weighted by Gasteiger charge is 2.44. The Kier molecular flexibility index (Phi) is 2.93. The molecule has 2 aromatic rings. The fourth-order valence-electron chi connectivity index (χ4n) is 4.01. The van der Waals surface area contributed by atoms with Gasteiger partial charge in [0, 0.05) is 17.6 Å². The maximum Gasteiger partial charge on any atom is 0.144 e. The van der Waals surface area contributed by atoms with Gasteiger partial charge in [-0.1, -0.05) is 27.7 Å². The molecule has 3 rings (SSSR count). The molecule has 3 heteroatoms. The zero-order valence-electron chi connectivity index (χ0n) is 13.4. The van der Waals surface area contributed by atoms with Gasteiger partial charge < -0.3 is 4.57 Å². The first-order chi connectivity index (χ1) is 9.33. The molecule has 108 valence electrons. The van der Waals surface area contributed by atoms with Gasteiger partial charge >= 0.3 is 0 Å². The molecule has 1 saturated carbocycles. The molecule has 0 radical (unpaired) electrons. The van der Waals surface area contributed by atoms with E-state index in [1.165, 1.54) is 17.4 Å². The van der Waals surface area contributed by atoms with E-state index in [-0.39, 0.29) is 0 Å². The third kappa shape index (κ3) is 1.79. The fourth-order valence-corrected chi connectivity index (χ4v) is 4.01. The van der Waals surface area contributed by atoms with Gasteiger partial charge in [-0.05, 0) is 43.1 Å². The van der Waals surface area contributed by atoms with Crippen LogP contribution in [0.3, 0.4) is 0 Å². The smallest absolute Gasteiger partial charge is 0.144 e. The van der Waals surface area contributed by atoms with Crippen molar-refractivity contribution >= 4 is 11.0 Å². The minimum Gasteiger partial charge on any atom is -0.329 e. The third-order valence-electron chi connectivity index (χ3n) is 5.71. The second-order valence-electron chi connectivity index (χ2n) is 7.28. The number of nitrogens with zero attached hydrogens (tertiary/aromatic N) is 3.